The first-order chi connectivity index (χ1) is 13.1. The summed E-state index contributed by atoms with van der Waals surface area (Å²) in [6.07, 6.45) is 7.45. The Balaban J connectivity index is 1.87. The van der Waals surface area contributed by atoms with E-state index in [2.05, 4.69) is 22.4 Å². The predicted octanol–water partition coefficient (Wildman–Crippen LogP) is 3.51. The zero-order chi connectivity index (χ0) is 19.3. The van der Waals surface area contributed by atoms with E-state index in [1.54, 1.807) is 26.5 Å². The van der Waals surface area contributed by atoms with E-state index in [0.29, 0.717) is 0 Å². The summed E-state index contributed by atoms with van der Waals surface area (Å²) in [7, 11) is 3.31. The normalized spacial score (nSPS) is 15.8. The number of benzene rings is 1. The second-order valence-corrected chi connectivity index (χ2v) is 7.06. The number of primary amides is 1. The predicted molar refractivity (Wildman–Crippen MR) is 106 cm³/mol. The minimum absolute atomic E-state index is 0.00790. The molecule has 1 aliphatic carbocycles. The summed E-state index contributed by atoms with van der Waals surface area (Å²) >= 11 is 0. The van der Waals surface area contributed by atoms with E-state index in [1.165, 1.54) is 24.8 Å². The van der Waals surface area contributed by atoms with Gasteiger partial charge in [0.25, 0.3) is 5.91 Å². The molecule has 2 aromatic rings. The number of nitrogens with zero attached hydrogens (tertiary/aromatic N) is 1. The molecule has 1 saturated carbocycles. The summed E-state index contributed by atoms with van der Waals surface area (Å²) < 4.78 is 10.9. The summed E-state index contributed by atoms with van der Waals surface area (Å²) in [6, 6.07) is 9.76. The number of rotatable bonds is 7. The Morgan fingerprint density at radius 3 is 2.52 bits per heavy atom. The van der Waals surface area contributed by atoms with Gasteiger partial charge in [-0.15, -0.1) is 0 Å². The first-order valence-corrected chi connectivity index (χ1v) is 9.30. The van der Waals surface area contributed by atoms with Crippen molar-refractivity contribution >= 4 is 11.6 Å². The molecule has 0 aliphatic heterocycles. The van der Waals surface area contributed by atoms with Gasteiger partial charge in [0, 0.05) is 23.8 Å². The quantitative estimate of drug-likeness (QED) is 0.780. The fraction of sp³-hybridized carbons (Fsp3) is 0.429. The van der Waals surface area contributed by atoms with Crippen LogP contribution in [-0.4, -0.2) is 31.7 Å². The standard InChI is InChI=1S/C21H27N3O3/c1-26-18-7-6-15(12-19(18)27-2)21(9-4-3-5-10-21)14-24-16-8-11-23-17(13-16)20(22)25/h6-8,11-13H,3-5,9-10,14H2,1-2H3,(H2,22,25)(H,23,24). The minimum Gasteiger partial charge on any atom is -0.493 e. The van der Waals surface area contributed by atoms with Crippen molar-refractivity contribution in [3.05, 3.63) is 47.8 Å². The number of amides is 1. The van der Waals surface area contributed by atoms with Gasteiger partial charge in [-0.1, -0.05) is 25.3 Å². The van der Waals surface area contributed by atoms with Crippen molar-refractivity contribution in [2.75, 3.05) is 26.1 Å². The van der Waals surface area contributed by atoms with Crippen molar-refractivity contribution < 1.29 is 14.3 Å². The molecule has 1 aromatic carbocycles. The second-order valence-electron chi connectivity index (χ2n) is 7.06. The highest BCUT2D eigenvalue weighted by Gasteiger charge is 2.34. The molecule has 0 unspecified atom stereocenters. The molecule has 6 heteroatoms. The maximum absolute atomic E-state index is 11.4. The Morgan fingerprint density at radius 1 is 1.11 bits per heavy atom. The fourth-order valence-corrected chi connectivity index (χ4v) is 3.91. The number of methoxy groups -OCH3 is 2. The molecule has 3 N–H and O–H groups in total. The van der Waals surface area contributed by atoms with Crippen LogP contribution in [0.15, 0.2) is 36.5 Å². The Hall–Kier alpha value is -2.76. The van der Waals surface area contributed by atoms with Crippen molar-refractivity contribution in [1.82, 2.24) is 4.98 Å². The van der Waals surface area contributed by atoms with Gasteiger partial charge in [0.2, 0.25) is 0 Å². The van der Waals surface area contributed by atoms with Crippen LogP contribution in [0, 0.1) is 0 Å². The first-order valence-electron chi connectivity index (χ1n) is 9.30. The molecule has 0 radical (unpaired) electrons. The second kappa shape index (κ2) is 8.29. The van der Waals surface area contributed by atoms with E-state index < -0.39 is 5.91 Å². The van der Waals surface area contributed by atoms with Gasteiger partial charge in [-0.05, 0) is 42.7 Å². The van der Waals surface area contributed by atoms with Crippen LogP contribution in [-0.2, 0) is 5.41 Å². The monoisotopic (exact) mass is 369 g/mol. The molecule has 0 bridgehead atoms. The maximum atomic E-state index is 11.4. The zero-order valence-corrected chi connectivity index (χ0v) is 16.0. The van der Waals surface area contributed by atoms with Crippen molar-refractivity contribution in [1.29, 1.82) is 0 Å². The average Bonchev–Trinajstić information content (AvgIpc) is 2.72. The SMILES string of the molecule is COc1ccc(C2(CNc3ccnc(C(N)=O)c3)CCCCC2)cc1OC. The van der Waals surface area contributed by atoms with Gasteiger partial charge in [-0.25, -0.2) is 0 Å². The lowest BCUT2D eigenvalue weighted by Gasteiger charge is -2.38. The van der Waals surface area contributed by atoms with Crippen LogP contribution in [0.1, 0.15) is 48.2 Å². The molecule has 0 saturated heterocycles. The van der Waals surface area contributed by atoms with Crippen LogP contribution in [0.5, 0.6) is 11.5 Å². The van der Waals surface area contributed by atoms with Crippen LogP contribution < -0.4 is 20.5 Å². The Bertz CT molecular complexity index is 801. The van der Waals surface area contributed by atoms with Crippen molar-refractivity contribution in [2.24, 2.45) is 5.73 Å². The number of nitrogens with two attached hydrogens (primary N) is 1. The number of pyridine rings is 1. The number of hydrogen-bond acceptors (Lipinski definition) is 5. The molecule has 1 aromatic heterocycles. The van der Waals surface area contributed by atoms with Crippen LogP contribution in [0.4, 0.5) is 5.69 Å². The first kappa shape index (κ1) is 19.0. The number of carbonyl (C=O) groups excluding carboxylic acids is 1. The molecule has 0 spiro atoms. The van der Waals surface area contributed by atoms with E-state index >= 15 is 0 Å². The average molecular weight is 369 g/mol. The number of nitrogens with one attached hydrogen (secondary N) is 1. The Labute approximate surface area is 160 Å². The van der Waals surface area contributed by atoms with Crippen molar-refractivity contribution in [3.63, 3.8) is 0 Å². The highest BCUT2D eigenvalue weighted by Crippen LogP contribution is 2.42. The Morgan fingerprint density at radius 2 is 1.85 bits per heavy atom. The number of hydrogen-bond donors (Lipinski definition) is 2. The fourth-order valence-electron chi connectivity index (χ4n) is 3.91. The van der Waals surface area contributed by atoms with Crippen LogP contribution in [0.3, 0.4) is 0 Å². The molecule has 1 aliphatic rings. The molecule has 144 valence electrons. The van der Waals surface area contributed by atoms with E-state index in [1.807, 2.05) is 12.1 Å². The maximum Gasteiger partial charge on any atom is 0.267 e. The van der Waals surface area contributed by atoms with Gasteiger partial charge in [-0.3, -0.25) is 9.78 Å². The van der Waals surface area contributed by atoms with E-state index in [-0.39, 0.29) is 11.1 Å². The number of ether oxygens (including phenoxy) is 2. The molecular formula is C21H27N3O3. The summed E-state index contributed by atoms with van der Waals surface area (Å²) in [4.78, 5) is 15.4. The molecule has 0 atom stereocenters. The highest BCUT2D eigenvalue weighted by molar-refractivity contribution is 5.91. The lowest BCUT2D eigenvalue weighted by atomic mass is 9.69. The summed E-state index contributed by atoms with van der Waals surface area (Å²) in [6.45, 7) is 0.769. The van der Waals surface area contributed by atoms with Gasteiger partial charge in [0.15, 0.2) is 11.5 Å². The zero-order valence-electron chi connectivity index (χ0n) is 16.0. The largest absolute Gasteiger partial charge is 0.493 e. The van der Waals surface area contributed by atoms with E-state index in [0.717, 1.165) is 36.6 Å². The summed E-state index contributed by atoms with van der Waals surface area (Å²) in [5, 5.41) is 3.50. The van der Waals surface area contributed by atoms with Gasteiger partial charge in [0.05, 0.1) is 14.2 Å². The Kier molecular flexibility index (Phi) is 5.84. The molecule has 1 amide bonds. The van der Waals surface area contributed by atoms with E-state index in [9.17, 15) is 4.79 Å². The molecular weight excluding hydrogens is 342 g/mol. The molecule has 1 heterocycles. The summed E-state index contributed by atoms with van der Waals surface area (Å²) in [5.41, 5.74) is 7.72. The molecule has 1 fully saturated rings. The number of anilines is 1. The smallest absolute Gasteiger partial charge is 0.267 e. The molecule has 3 rings (SSSR count). The molecule has 6 nitrogen and oxygen atoms in total. The van der Waals surface area contributed by atoms with Crippen molar-refractivity contribution in [3.8, 4) is 11.5 Å². The third-order valence-electron chi connectivity index (χ3n) is 5.45. The van der Waals surface area contributed by atoms with Crippen LogP contribution in [0.2, 0.25) is 0 Å². The lowest BCUT2D eigenvalue weighted by molar-refractivity contribution is 0.0995. The highest BCUT2D eigenvalue weighted by atomic mass is 16.5. The summed E-state index contributed by atoms with van der Waals surface area (Å²) in [5.74, 6) is 0.964. The number of aromatic nitrogens is 1. The third kappa shape index (κ3) is 4.15. The van der Waals surface area contributed by atoms with E-state index in [4.69, 9.17) is 15.2 Å². The van der Waals surface area contributed by atoms with Gasteiger partial charge < -0.3 is 20.5 Å². The van der Waals surface area contributed by atoms with Crippen molar-refractivity contribution in [2.45, 2.75) is 37.5 Å². The lowest BCUT2D eigenvalue weighted by Crippen LogP contribution is -2.36. The number of carbonyl (C=O) groups is 1. The molecule has 27 heavy (non-hydrogen) atoms. The third-order valence-corrected chi connectivity index (χ3v) is 5.45. The van der Waals surface area contributed by atoms with Gasteiger partial charge in [-0.2, -0.15) is 0 Å². The van der Waals surface area contributed by atoms with Gasteiger partial charge >= 0.3 is 0 Å². The minimum atomic E-state index is -0.522. The topological polar surface area (TPSA) is 86.5 Å². The van der Waals surface area contributed by atoms with Gasteiger partial charge in [0.1, 0.15) is 5.69 Å². The van der Waals surface area contributed by atoms with Crippen LogP contribution in [0.25, 0.3) is 0 Å². The van der Waals surface area contributed by atoms with Crippen LogP contribution >= 0.6 is 0 Å².